The van der Waals surface area contributed by atoms with Crippen LogP contribution < -0.4 is 5.32 Å². The minimum atomic E-state index is -0.0145. The first-order valence-corrected chi connectivity index (χ1v) is 7.63. The lowest BCUT2D eigenvalue weighted by Crippen LogP contribution is -2.51. The molecule has 0 spiro atoms. The molecule has 1 aliphatic heterocycles. The molecule has 100 valence electrons. The normalized spacial score (nSPS) is 24.1. The summed E-state index contributed by atoms with van der Waals surface area (Å²) in [4.78, 5) is 13.8. The van der Waals surface area contributed by atoms with Gasteiger partial charge in [0.1, 0.15) is 0 Å². The molecule has 1 saturated heterocycles. The lowest BCUT2D eigenvalue weighted by Gasteiger charge is -2.35. The number of thiophene rings is 1. The fourth-order valence-corrected chi connectivity index (χ4v) is 3.28. The topological polar surface area (TPSA) is 41.6 Å². The molecule has 0 radical (unpaired) electrons. The summed E-state index contributed by atoms with van der Waals surface area (Å²) in [7, 11) is 0. The van der Waals surface area contributed by atoms with E-state index < -0.39 is 0 Å². The van der Waals surface area contributed by atoms with E-state index in [1.165, 1.54) is 0 Å². The maximum absolute atomic E-state index is 12.0. The molecule has 0 aliphatic carbocycles. The van der Waals surface area contributed by atoms with E-state index in [0.29, 0.717) is 19.6 Å². The Kier molecular flexibility index (Phi) is 4.64. The molecular formula is C12H17BrN2O2S. The van der Waals surface area contributed by atoms with Crippen LogP contribution in [-0.4, -0.2) is 36.2 Å². The van der Waals surface area contributed by atoms with Gasteiger partial charge in [0.2, 0.25) is 0 Å². The van der Waals surface area contributed by atoms with E-state index in [2.05, 4.69) is 21.2 Å². The first-order valence-electron chi connectivity index (χ1n) is 5.95. The first-order chi connectivity index (χ1) is 8.54. The van der Waals surface area contributed by atoms with Gasteiger partial charge in [0.25, 0.3) is 0 Å². The van der Waals surface area contributed by atoms with Crippen LogP contribution in [0, 0.1) is 0 Å². The zero-order valence-corrected chi connectivity index (χ0v) is 12.9. The summed E-state index contributed by atoms with van der Waals surface area (Å²) >= 11 is 5.03. The van der Waals surface area contributed by atoms with Crippen molar-refractivity contribution >= 4 is 33.3 Å². The zero-order valence-electron chi connectivity index (χ0n) is 10.5. The van der Waals surface area contributed by atoms with Crippen molar-refractivity contribution in [1.82, 2.24) is 10.2 Å². The number of urea groups is 1. The smallest absolute Gasteiger partial charge is 0.317 e. The van der Waals surface area contributed by atoms with Gasteiger partial charge in [-0.05, 0) is 46.8 Å². The fraction of sp³-hybridized carbons (Fsp3) is 0.583. The largest absolute Gasteiger partial charge is 0.372 e. The number of nitrogens with one attached hydrogen (secondary N) is 1. The summed E-state index contributed by atoms with van der Waals surface area (Å²) < 4.78 is 6.69. The summed E-state index contributed by atoms with van der Waals surface area (Å²) in [6.07, 6.45) is 0.213. The molecule has 2 rings (SSSR count). The molecule has 1 N–H and O–H groups in total. The monoisotopic (exact) mass is 332 g/mol. The van der Waals surface area contributed by atoms with Crippen molar-refractivity contribution in [3.05, 3.63) is 20.8 Å². The third-order valence-corrected chi connectivity index (χ3v) is 4.33. The van der Waals surface area contributed by atoms with Crippen LogP contribution >= 0.6 is 27.3 Å². The molecule has 1 fully saturated rings. The van der Waals surface area contributed by atoms with E-state index in [1.807, 2.05) is 30.2 Å². The van der Waals surface area contributed by atoms with Crippen molar-refractivity contribution < 1.29 is 9.53 Å². The second-order valence-electron chi connectivity index (χ2n) is 4.58. The molecule has 1 aromatic rings. The summed E-state index contributed by atoms with van der Waals surface area (Å²) in [6.45, 7) is 5.87. The van der Waals surface area contributed by atoms with Gasteiger partial charge in [0.05, 0.1) is 16.0 Å². The van der Waals surface area contributed by atoms with Gasteiger partial charge in [-0.2, -0.15) is 0 Å². The van der Waals surface area contributed by atoms with Crippen molar-refractivity contribution in [1.29, 1.82) is 0 Å². The highest BCUT2D eigenvalue weighted by Gasteiger charge is 2.25. The Bertz CT molecular complexity index is 414. The average Bonchev–Trinajstić information content (AvgIpc) is 2.70. The summed E-state index contributed by atoms with van der Waals surface area (Å²) in [5, 5.41) is 4.98. The molecule has 1 aliphatic rings. The highest BCUT2D eigenvalue weighted by Crippen LogP contribution is 2.20. The van der Waals surface area contributed by atoms with E-state index in [0.717, 1.165) is 9.35 Å². The van der Waals surface area contributed by atoms with Crippen LogP contribution in [0.3, 0.4) is 0 Å². The van der Waals surface area contributed by atoms with Crippen LogP contribution in [0.15, 0.2) is 15.2 Å². The number of rotatable bonds is 2. The molecular weight excluding hydrogens is 316 g/mol. The molecule has 0 aromatic carbocycles. The minimum Gasteiger partial charge on any atom is -0.372 e. The van der Waals surface area contributed by atoms with E-state index in [9.17, 15) is 4.79 Å². The Hall–Kier alpha value is -0.590. The Labute approximate surface area is 119 Å². The van der Waals surface area contributed by atoms with Crippen molar-refractivity contribution in [3.8, 4) is 0 Å². The maximum atomic E-state index is 12.0. The van der Waals surface area contributed by atoms with Gasteiger partial charge >= 0.3 is 6.03 Å². The van der Waals surface area contributed by atoms with Crippen LogP contribution in [0.1, 0.15) is 19.4 Å². The molecule has 2 atom stereocenters. The Balaban J connectivity index is 1.84. The lowest BCUT2D eigenvalue weighted by atomic mass is 10.2. The summed E-state index contributed by atoms with van der Waals surface area (Å²) in [6, 6.07) is 2.01. The fourth-order valence-electron chi connectivity index (χ4n) is 2.07. The minimum absolute atomic E-state index is 0.0145. The van der Waals surface area contributed by atoms with Crippen LogP contribution in [0.4, 0.5) is 4.79 Å². The number of halogens is 1. The van der Waals surface area contributed by atoms with Gasteiger partial charge in [-0.15, -0.1) is 11.3 Å². The van der Waals surface area contributed by atoms with Gasteiger partial charge in [0.15, 0.2) is 0 Å². The van der Waals surface area contributed by atoms with Crippen LogP contribution in [0.2, 0.25) is 0 Å². The third-order valence-electron chi connectivity index (χ3n) is 2.77. The van der Waals surface area contributed by atoms with E-state index in [4.69, 9.17) is 4.74 Å². The second-order valence-corrected chi connectivity index (χ2v) is 6.87. The van der Waals surface area contributed by atoms with E-state index >= 15 is 0 Å². The number of amides is 2. The summed E-state index contributed by atoms with van der Waals surface area (Å²) in [5.74, 6) is 0. The number of carbonyl (C=O) groups is 1. The highest BCUT2D eigenvalue weighted by atomic mass is 79.9. The number of ether oxygens (including phenoxy) is 1. The number of morpholine rings is 1. The average molecular weight is 333 g/mol. The van der Waals surface area contributed by atoms with Gasteiger partial charge in [-0.25, -0.2) is 4.79 Å². The molecule has 0 bridgehead atoms. The van der Waals surface area contributed by atoms with Gasteiger partial charge in [-0.3, -0.25) is 0 Å². The molecule has 6 heteroatoms. The number of carbonyl (C=O) groups excluding carboxylic acids is 1. The Morgan fingerprint density at radius 2 is 2.22 bits per heavy atom. The van der Waals surface area contributed by atoms with Crippen molar-refractivity contribution in [3.63, 3.8) is 0 Å². The van der Waals surface area contributed by atoms with Gasteiger partial charge < -0.3 is 15.0 Å². The molecule has 1 aromatic heterocycles. The van der Waals surface area contributed by atoms with E-state index in [1.54, 1.807) is 11.3 Å². The predicted octanol–water partition coefficient (Wildman–Crippen LogP) is 2.83. The first kappa shape index (κ1) is 13.8. The second kappa shape index (κ2) is 6.04. The predicted molar refractivity (Wildman–Crippen MR) is 75.8 cm³/mol. The molecule has 2 heterocycles. The summed E-state index contributed by atoms with van der Waals surface area (Å²) in [5.41, 5.74) is 1.12. The van der Waals surface area contributed by atoms with Crippen molar-refractivity contribution in [2.75, 3.05) is 13.1 Å². The van der Waals surface area contributed by atoms with Crippen LogP contribution in [0.25, 0.3) is 0 Å². The number of nitrogens with zero attached hydrogens (tertiary/aromatic N) is 1. The van der Waals surface area contributed by atoms with Crippen LogP contribution in [0.5, 0.6) is 0 Å². The number of hydrogen-bond acceptors (Lipinski definition) is 3. The van der Waals surface area contributed by atoms with E-state index in [-0.39, 0.29) is 18.2 Å². The van der Waals surface area contributed by atoms with Gasteiger partial charge in [-0.1, -0.05) is 0 Å². The van der Waals surface area contributed by atoms with Crippen LogP contribution in [-0.2, 0) is 11.3 Å². The standard InChI is InChI=1S/C12H17BrN2O2S/c1-8-5-15(6-9(2)17-8)12(16)14-4-10-3-11(13)18-7-10/h3,7-9H,4-6H2,1-2H3,(H,14,16)/t8-,9+. The Morgan fingerprint density at radius 1 is 1.56 bits per heavy atom. The van der Waals surface area contributed by atoms with Crippen molar-refractivity contribution in [2.45, 2.75) is 32.6 Å². The highest BCUT2D eigenvalue weighted by molar-refractivity contribution is 9.11. The van der Waals surface area contributed by atoms with Crippen molar-refractivity contribution in [2.24, 2.45) is 0 Å². The quantitative estimate of drug-likeness (QED) is 0.904. The zero-order chi connectivity index (χ0) is 13.1. The molecule has 0 unspecified atom stereocenters. The molecule has 0 saturated carbocycles. The lowest BCUT2D eigenvalue weighted by molar-refractivity contribution is -0.0545. The molecule has 2 amide bonds. The molecule has 18 heavy (non-hydrogen) atoms. The molecule has 4 nitrogen and oxygen atoms in total. The van der Waals surface area contributed by atoms with Gasteiger partial charge in [0, 0.05) is 19.6 Å². The maximum Gasteiger partial charge on any atom is 0.317 e. The third kappa shape index (κ3) is 3.70. The SMILES string of the molecule is C[C@@H]1CN(C(=O)NCc2csc(Br)c2)C[C@H](C)O1. The number of hydrogen-bond donors (Lipinski definition) is 1. The Morgan fingerprint density at radius 3 is 2.78 bits per heavy atom.